The normalized spacial score (nSPS) is 14.6. The second kappa shape index (κ2) is 7.66. The van der Waals surface area contributed by atoms with Gasteiger partial charge in [0.05, 0.1) is 6.54 Å². The van der Waals surface area contributed by atoms with Crippen LogP contribution in [0.25, 0.3) is 0 Å². The Bertz CT molecular complexity index is 700. The average molecular weight is 392 g/mol. The van der Waals surface area contributed by atoms with Gasteiger partial charge in [0.15, 0.2) is 0 Å². The molecule has 0 spiro atoms. The maximum atomic E-state index is 13.0. The van der Waals surface area contributed by atoms with Crippen LogP contribution >= 0.6 is 15.9 Å². The average Bonchev–Trinajstić information content (AvgIpc) is 2.62. The van der Waals surface area contributed by atoms with Crippen LogP contribution in [0.3, 0.4) is 0 Å². The van der Waals surface area contributed by atoms with Crippen LogP contribution < -0.4 is 10.2 Å². The SMILES string of the molecule is O=C(CNc1ccccc1Br)N1CCN(c2ccc(F)cc2)CC1. The third-order valence-electron chi connectivity index (χ3n) is 4.13. The highest BCUT2D eigenvalue weighted by Gasteiger charge is 2.21. The molecule has 0 aliphatic carbocycles. The van der Waals surface area contributed by atoms with Gasteiger partial charge < -0.3 is 15.1 Å². The molecule has 0 bridgehead atoms. The number of hydrogen-bond acceptors (Lipinski definition) is 3. The maximum Gasteiger partial charge on any atom is 0.241 e. The van der Waals surface area contributed by atoms with Crippen LogP contribution in [0.1, 0.15) is 0 Å². The Morgan fingerprint density at radius 2 is 1.71 bits per heavy atom. The molecule has 1 fully saturated rings. The molecule has 2 aromatic rings. The molecule has 1 amide bonds. The van der Waals surface area contributed by atoms with Gasteiger partial charge in [-0.2, -0.15) is 0 Å². The number of para-hydroxylation sites is 1. The van der Waals surface area contributed by atoms with Crippen molar-refractivity contribution in [3.05, 3.63) is 58.8 Å². The lowest BCUT2D eigenvalue weighted by atomic mass is 10.2. The Morgan fingerprint density at radius 1 is 1.04 bits per heavy atom. The number of carbonyl (C=O) groups is 1. The molecule has 4 nitrogen and oxygen atoms in total. The number of amides is 1. The number of nitrogens with one attached hydrogen (secondary N) is 1. The van der Waals surface area contributed by atoms with E-state index in [1.54, 1.807) is 12.1 Å². The molecule has 0 radical (unpaired) electrons. The molecule has 6 heteroatoms. The van der Waals surface area contributed by atoms with E-state index in [1.165, 1.54) is 12.1 Å². The number of benzene rings is 2. The summed E-state index contributed by atoms with van der Waals surface area (Å²) in [6.45, 7) is 3.14. The molecular formula is C18H19BrFN3O. The molecule has 1 aliphatic heterocycles. The first-order valence-corrected chi connectivity index (χ1v) is 8.69. The Morgan fingerprint density at radius 3 is 2.38 bits per heavy atom. The van der Waals surface area contributed by atoms with Crippen LogP contribution in [0.4, 0.5) is 15.8 Å². The third-order valence-corrected chi connectivity index (χ3v) is 4.82. The summed E-state index contributed by atoms with van der Waals surface area (Å²) in [5.41, 5.74) is 1.91. The van der Waals surface area contributed by atoms with E-state index in [2.05, 4.69) is 26.1 Å². The van der Waals surface area contributed by atoms with Gasteiger partial charge in [0.1, 0.15) is 5.82 Å². The van der Waals surface area contributed by atoms with Crippen molar-refractivity contribution < 1.29 is 9.18 Å². The molecule has 0 atom stereocenters. The summed E-state index contributed by atoms with van der Waals surface area (Å²) in [5, 5.41) is 3.17. The Kier molecular flexibility index (Phi) is 5.35. The standard InChI is InChI=1S/C18H19BrFN3O/c19-16-3-1-2-4-17(16)21-13-18(24)23-11-9-22(10-12-23)15-7-5-14(20)6-8-15/h1-8,21H,9-13H2. The number of carbonyl (C=O) groups excluding carboxylic acids is 1. The topological polar surface area (TPSA) is 35.6 Å². The van der Waals surface area contributed by atoms with Crippen LogP contribution in [0.15, 0.2) is 53.0 Å². The van der Waals surface area contributed by atoms with Crippen LogP contribution in [-0.4, -0.2) is 43.5 Å². The van der Waals surface area contributed by atoms with E-state index >= 15 is 0 Å². The Labute approximate surface area is 149 Å². The molecule has 1 aliphatic rings. The zero-order valence-electron chi connectivity index (χ0n) is 13.2. The van der Waals surface area contributed by atoms with Crippen molar-refractivity contribution in [2.24, 2.45) is 0 Å². The van der Waals surface area contributed by atoms with Crippen molar-refractivity contribution in [3.63, 3.8) is 0 Å². The monoisotopic (exact) mass is 391 g/mol. The minimum atomic E-state index is -0.231. The number of rotatable bonds is 4. The summed E-state index contributed by atoms with van der Waals surface area (Å²) in [6.07, 6.45) is 0. The van der Waals surface area contributed by atoms with E-state index in [1.807, 2.05) is 29.2 Å². The van der Waals surface area contributed by atoms with E-state index < -0.39 is 0 Å². The summed E-state index contributed by atoms with van der Waals surface area (Å²) in [7, 11) is 0. The maximum absolute atomic E-state index is 13.0. The third kappa shape index (κ3) is 4.06. The summed E-state index contributed by atoms with van der Waals surface area (Å²) in [5.74, 6) is -0.143. The first kappa shape index (κ1) is 16.8. The van der Waals surface area contributed by atoms with Gasteiger partial charge in [0.2, 0.25) is 5.91 Å². The van der Waals surface area contributed by atoms with Gasteiger partial charge in [-0.05, 0) is 52.3 Å². The summed E-state index contributed by atoms with van der Waals surface area (Å²) in [4.78, 5) is 16.4. The molecule has 0 unspecified atom stereocenters. The predicted octanol–water partition coefficient (Wildman–Crippen LogP) is 3.35. The number of piperazine rings is 1. The lowest BCUT2D eigenvalue weighted by molar-refractivity contribution is -0.129. The molecule has 126 valence electrons. The highest BCUT2D eigenvalue weighted by molar-refractivity contribution is 9.10. The Hall–Kier alpha value is -2.08. The smallest absolute Gasteiger partial charge is 0.241 e. The number of anilines is 2. The van der Waals surface area contributed by atoms with Gasteiger partial charge >= 0.3 is 0 Å². The van der Waals surface area contributed by atoms with E-state index in [4.69, 9.17) is 0 Å². The lowest BCUT2D eigenvalue weighted by Gasteiger charge is -2.36. The number of halogens is 2. The quantitative estimate of drug-likeness (QED) is 0.867. The fraction of sp³-hybridized carbons (Fsp3) is 0.278. The zero-order chi connectivity index (χ0) is 16.9. The van der Waals surface area contributed by atoms with Crippen molar-refractivity contribution in [2.75, 3.05) is 42.9 Å². The van der Waals surface area contributed by atoms with E-state index in [-0.39, 0.29) is 18.3 Å². The van der Waals surface area contributed by atoms with Crippen molar-refractivity contribution in [3.8, 4) is 0 Å². The summed E-state index contributed by atoms with van der Waals surface area (Å²) in [6, 6.07) is 14.2. The highest BCUT2D eigenvalue weighted by Crippen LogP contribution is 2.21. The van der Waals surface area contributed by atoms with Gasteiger partial charge in [-0.1, -0.05) is 12.1 Å². The molecular weight excluding hydrogens is 373 g/mol. The van der Waals surface area contributed by atoms with E-state index in [9.17, 15) is 9.18 Å². The van der Waals surface area contributed by atoms with Crippen molar-refractivity contribution >= 4 is 33.2 Å². The molecule has 1 saturated heterocycles. The van der Waals surface area contributed by atoms with Gasteiger partial charge in [-0.3, -0.25) is 4.79 Å². The summed E-state index contributed by atoms with van der Waals surface area (Å²) < 4.78 is 13.9. The lowest BCUT2D eigenvalue weighted by Crippen LogP contribution is -2.50. The van der Waals surface area contributed by atoms with E-state index in [0.29, 0.717) is 13.1 Å². The summed E-state index contributed by atoms with van der Waals surface area (Å²) >= 11 is 3.46. The molecule has 2 aromatic carbocycles. The molecule has 3 rings (SSSR count). The largest absolute Gasteiger partial charge is 0.375 e. The molecule has 24 heavy (non-hydrogen) atoms. The number of hydrogen-bond donors (Lipinski definition) is 1. The molecule has 0 aromatic heterocycles. The van der Waals surface area contributed by atoms with Crippen LogP contribution in [0.2, 0.25) is 0 Å². The predicted molar refractivity (Wildman–Crippen MR) is 97.8 cm³/mol. The van der Waals surface area contributed by atoms with Crippen LogP contribution in [-0.2, 0) is 4.79 Å². The van der Waals surface area contributed by atoms with Crippen LogP contribution in [0.5, 0.6) is 0 Å². The molecule has 1 heterocycles. The molecule has 1 N–H and O–H groups in total. The second-order valence-electron chi connectivity index (χ2n) is 5.68. The fourth-order valence-electron chi connectivity index (χ4n) is 2.75. The minimum Gasteiger partial charge on any atom is -0.375 e. The van der Waals surface area contributed by atoms with Gasteiger partial charge in [-0.25, -0.2) is 4.39 Å². The number of nitrogens with zero attached hydrogens (tertiary/aromatic N) is 2. The van der Waals surface area contributed by atoms with Gasteiger partial charge in [0, 0.05) is 42.0 Å². The van der Waals surface area contributed by atoms with Crippen molar-refractivity contribution in [2.45, 2.75) is 0 Å². The molecule has 0 saturated carbocycles. The van der Waals surface area contributed by atoms with Gasteiger partial charge in [-0.15, -0.1) is 0 Å². The van der Waals surface area contributed by atoms with Crippen molar-refractivity contribution in [1.82, 2.24) is 4.90 Å². The minimum absolute atomic E-state index is 0.0875. The highest BCUT2D eigenvalue weighted by atomic mass is 79.9. The fourth-order valence-corrected chi connectivity index (χ4v) is 3.18. The van der Waals surface area contributed by atoms with Crippen molar-refractivity contribution in [1.29, 1.82) is 0 Å². The van der Waals surface area contributed by atoms with Crippen LogP contribution in [0, 0.1) is 5.82 Å². The first-order valence-electron chi connectivity index (χ1n) is 7.90. The zero-order valence-corrected chi connectivity index (χ0v) is 14.8. The first-order chi connectivity index (χ1) is 11.6. The van der Waals surface area contributed by atoms with Gasteiger partial charge in [0.25, 0.3) is 0 Å². The Balaban J connectivity index is 1.50. The second-order valence-corrected chi connectivity index (χ2v) is 6.53. The van der Waals surface area contributed by atoms with E-state index in [0.717, 1.165) is 28.9 Å².